The van der Waals surface area contributed by atoms with Crippen LogP contribution < -0.4 is 9.64 Å². The average Bonchev–Trinajstić information content (AvgIpc) is 3.52. The minimum atomic E-state index is -0.676. The number of hydrogen-bond acceptors (Lipinski definition) is 7. The number of ketones is 1. The van der Waals surface area contributed by atoms with Gasteiger partial charge in [0.2, 0.25) is 5.88 Å². The first-order valence-corrected chi connectivity index (χ1v) is 11.4. The summed E-state index contributed by atoms with van der Waals surface area (Å²) in [7, 11) is 1.50. The normalized spacial score (nSPS) is 20.6. The number of carbonyl (C=O) groups is 2. The molecule has 3 aromatic rings. The highest BCUT2D eigenvalue weighted by molar-refractivity contribution is 6.51. The first-order chi connectivity index (χ1) is 16.6. The molecule has 1 saturated heterocycles. The molecule has 1 amide bonds. The van der Waals surface area contributed by atoms with Gasteiger partial charge in [-0.2, -0.15) is 0 Å². The standard InChI is InChI=1S/C26H25N3O5/c1-33-21-12-9-18(15-27-21)24(30)22-23(17-5-3-2-4-6-17)29(26(32)25(22)31)19-10-7-16(8-11-19)20-13-14-34-28-20/h7-15,17,23,30H,2-6H2,1H3. The molecular formula is C26H25N3O5. The molecular weight excluding hydrogens is 434 g/mol. The Bertz CT molecular complexity index is 1210. The van der Waals surface area contributed by atoms with Crippen LogP contribution >= 0.6 is 0 Å². The second-order valence-electron chi connectivity index (χ2n) is 8.63. The van der Waals surface area contributed by atoms with Gasteiger partial charge in [-0.3, -0.25) is 14.5 Å². The lowest BCUT2D eigenvalue weighted by atomic mass is 9.80. The number of aliphatic hydroxyl groups excluding tert-OH is 1. The summed E-state index contributed by atoms with van der Waals surface area (Å²) in [5.41, 5.74) is 2.65. The predicted molar refractivity (Wildman–Crippen MR) is 125 cm³/mol. The van der Waals surface area contributed by atoms with Crippen molar-refractivity contribution in [3.8, 4) is 17.1 Å². The highest BCUT2D eigenvalue weighted by Crippen LogP contribution is 2.41. The van der Waals surface area contributed by atoms with E-state index in [4.69, 9.17) is 9.26 Å². The van der Waals surface area contributed by atoms with Crippen LogP contribution in [0.2, 0.25) is 0 Å². The van der Waals surface area contributed by atoms with Crippen molar-refractivity contribution >= 4 is 23.1 Å². The van der Waals surface area contributed by atoms with Crippen molar-refractivity contribution in [1.82, 2.24) is 10.1 Å². The molecule has 34 heavy (non-hydrogen) atoms. The third kappa shape index (κ3) is 3.85. The van der Waals surface area contributed by atoms with Gasteiger partial charge in [-0.15, -0.1) is 0 Å². The van der Waals surface area contributed by atoms with E-state index in [0.29, 0.717) is 22.8 Å². The van der Waals surface area contributed by atoms with Crippen LogP contribution in [-0.4, -0.2) is 40.1 Å². The summed E-state index contributed by atoms with van der Waals surface area (Å²) in [5, 5.41) is 15.1. The fourth-order valence-electron chi connectivity index (χ4n) is 4.99. The molecule has 174 valence electrons. The summed E-state index contributed by atoms with van der Waals surface area (Å²) in [5.74, 6) is -1.04. The van der Waals surface area contributed by atoms with Gasteiger partial charge in [0.05, 0.1) is 18.7 Å². The number of anilines is 1. The van der Waals surface area contributed by atoms with Crippen molar-refractivity contribution in [3.63, 3.8) is 0 Å². The maximum Gasteiger partial charge on any atom is 0.299 e. The number of Topliss-reactive ketones (excluding diaryl/α,β-unsaturated/α-hetero) is 1. The van der Waals surface area contributed by atoms with E-state index >= 15 is 0 Å². The van der Waals surface area contributed by atoms with E-state index in [9.17, 15) is 14.7 Å². The van der Waals surface area contributed by atoms with Crippen molar-refractivity contribution in [2.24, 2.45) is 5.92 Å². The van der Waals surface area contributed by atoms with E-state index in [1.54, 1.807) is 35.2 Å². The number of benzene rings is 1. The summed E-state index contributed by atoms with van der Waals surface area (Å²) in [6, 6.07) is 11.8. The smallest absolute Gasteiger partial charge is 0.299 e. The molecule has 1 aliphatic carbocycles. The minimum absolute atomic E-state index is 0.0720. The minimum Gasteiger partial charge on any atom is -0.507 e. The lowest BCUT2D eigenvalue weighted by Gasteiger charge is -2.34. The Hall–Kier alpha value is -3.94. The molecule has 5 rings (SSSR count). The molecule has 1 N–H and O–H groups in total. The van der Waals surface area contributed by atoms with Crippen LogP contribution in [0.4, 0.5) is 5.69 Å². The predicted octanol–water partition coefficient (Wildman–Crippen LogP) is 4.58. The van der Waals surface area contributed by atoms with E-state index in [1.807, 2.05) is 12.1 Å². The Balaban J connectivity index is 1.58. The molecule has 0 bridgehead atoms. The van der Waals surface area contributed by atoms with Crippen LogP contribution in [0.3, 0.4) is 0 Å². The number of rotatable bonds is 5. The lowest BCUT2D eigenvalue weighted by molar-refractivity contribution is -0.132. The summed E-state index contributed by atoms with van der Waals surface area (Å²) in [4.78, 5) is 32.2. The molecule has 2 fully saturated rings. The summed E-state index contributed by atoms with van der Waals surface area (Å²) in [6.45, 7) is 0. The van der Waals surface area contributed by atoms with Crippen LogP contribution in [0, 0.1) is 5.92 Å². The molecule has 1 aromatic carbocycles. The highest BCUT2D eigenvalue weighted by Gasteiger charge is 2.49. The van der Waals surface area contributed by atoms with E-state index in [2.05, 4.69) is 10.1 Å². The SMILES string of the molecule is COc1ccc(C(O)=C2C(=O)C(=O)N(c3ccc(-c4ccon4)cc3)C2C2CCCCC2)cn1. The number of aromatic nitrogens is 2. The van der Waals surface area contributed by atoms with Crippen LogP contribution in [0.5, 0.6) is 5.88 Å². The Morgan fingerprint density at radius 1 is 1.06 bits per heavy atom. The molecule has 3 heterocycles. The van der Waals surface area contributed by atoms with Gasteiger partial charge in [-0.1, -0.05) is 36.6 Å². The number of ether oxygens (including phenoxy) is 1. The number of methoxy groups -OCH3 is 1. The van der Waals surface area contributed by atoms with Gasteiger partial charge in [0, 0.05) is 35.1 Å². The van der Waals surface area contributed by atoms with Crippen LogP contribution in [0.1, 0.15) is 37.7 Å². The second-order valence-corrected chi connectivity index (χ2v) is 8.63. The zero-order valence-electron chi connectivity index (χ0n) is 18.8. The number of amides is 1. The molecule has 0 spiro atoms. The van der Waals surface area contributed by atoms with Crippen molar-refractivity contribution in [2.75, 3.05) is 12.0 Å². The Morgan fingerprint density at radius 2 is 1.82 bits per heavy atom. The quantitative estimate of drug-likeness (QED) is 0.338. The van der Waals surface area contributed by atoms with E-state index in [0.717, 1.165) is 37.7 Å². The van der Waals surface area contributed by atoms with Crippen molar-refractivity contribution in [1.29, 1.82) is 0 Å². The number of nitrogens with zero attached hydrogens (tertiary/aromatic N) is 3. The van der Waals surface area contributed by atoms with Crippen LogP contribution in [0.15, 0.2) is 65.0 Å². The number of aliphatic hydroxyl groups is 1. The zero-order valence-corrected chi connectivity index (χ0v) is 18.8. The highest BCUT2D eigenvalue weighted by atomic mass is 16.5. The lowest BCUT2D eigenvalue weighted by Crippen LogP contribution is -2.40. The van der Waals surface area contributed by atoms with Gasteiger partial charge >= 0.3 is 0 Å². The Kier molecular flexibility index (Phi) is 5.88. The monoisotopic (exact) mass is 459 g/mol. The molecule has 1 unspecified atom stereocenters. The third-order valence-corrected chi connectivity index (χ3v) is 6.68. The molecule has 1 saturated carbocycles. The zero-order chi connectivity index (χ0) is 23.7. The van der Waals surface area contributed by atoms with Gasteiger partial charge in [-0.05, 0) is 37.0 Å². The summed E-state index contributed by atoms with van der Waals surface area (Å²) >= 11 is 0. The summed E-state index contributed by atoms with van der Waals surface area (Å²) in [6.07, 6.45) is 7.91. The number of pyridine rings is 1. The molecule has 8 heteroatoms. The third-order valence-electron chi connectivity index (χ3n) is 6.68. The van der Waals surface area contributed by atoms with Crippen molar-refractivity contribution in [2.45, 2.75) is 38.1 Å². The largest absolute Gasteiger partial charge is 0.507 e. The van der Waals surface area contributed by atoms with Crippen LogP contribution in [-0.2, 0) is 9.59 Å². The maximum absolute atomic E-state index is 13.3. The van der Waals surface area contributed by atoms with Crippen molar-refractivity contribution in [3.05, 3.63) is 66.1 Å². The van der Waals surface area contributed by atoms with Gasteiger partial charge in [0.15, 0.2) is 0 Å². The van der Waals surface area contributed by atoms with Crippen molar-refractivity contribution < 1.29 is 24.0 Å². The summed E-state index contributed by atoms with van der Waals surface area (Å²) < 4.78 is 10.0. The van der Waals surface area contributed by atoms with Gasteiger partial charge < -0.3 is 14.4 Å². The molecule has 1 aliphatic heterocycles. The van der Waals surface area contributed by atoms with E-state index in [1.165, 1.54) is 19.6 Å². The molecule has 2 aliphatic rings. The average molecular weight is 460 g/mol. The fourth-order valence-corrected chi connectivity index (χ4v) is 4.99. The van der Waals surface area contributed by atoms with Gasteiger partial charge in [0.25, 0.3) is 11.7 Å². The second kappa shape index (κ2) is 9.13. The fraction of sp³-hybridized carbons (Fsp3) is 0.308. The first-order valence-electron chi connectivity index (χ1n) is 11.4. The van der Waals surface area contributed by atoms with E-state index in [-0.39, 0.29) is 17.3 Å². The number of hydrogen-bond donors (Lipinski definition) is 1. The molecule has 0 radical (unpaired) electrons. The molecule has 1 atom stereocenters. The Labute approximate surface area is 196 Å². The van der Waals surface area contributed by atoms with E-state index < -0.39 is 17.7 Å². The first kappa shape index (κ1) is 21.9. The van der Waals surface area contributed by atoms with Crippen LogP contribution in [0.25, 0.3) is 17.0 Å². The molecule has 2 aromatic heterocycles. The maximum atomic E-state index is 13.3. The number of carbonyl (C=O) groups excluding carboxylic acids is 2. The topological polar surface area (TPSA) is 106 Å². The molecule has 8 nitrogen and oxygen atoms in total. The Morgan fingerprint density at radius 3 is 2.44 bits per heavy atom. The van der Waals surface area contributed by atoms with Gasteiger partial charge in [0.1, 0.15) is 17.7 Å². The van der Waals surface area contributed by atoms with Gasteiger partial charge in [-0.25, -0.2) is 4.98 Å².